The minimum Gasteiger partial charge on any atom is -0.389 e. The van der Waals surface area contributed by atoms with Gasteiger partial charge in [0.2, 0.25) is 0 Å². The van der Waals surface area contributed by atoms with Crippen LogP contribution in [0.4, 0.5) is 4.39 Å². The van der Waals surface area contributed by atoms with Gasteiger partial charge in [0.25, 0.3) is 0 Å². The van der Waals surface area contributed by atoms with Crippen LogP contribution in [0.1, 0.15) is 5.56 Å². The van der Waals surface area contributed by atoms with E-state index in [-0.39, 0.29) is 19.0 Å². The first-order chi connectivity index (χ1) is 7.13. The smallest absolute Gasteiger partial charge is 0.137 e. The van der Waals surface area contributed by atoms with Gasteiger partial charge < -0.3 is 15.6 Å². The van der Waals surface area contributed by atoms with Crippen LogP contribution in [0.2, 0.25) is 0 Å². The third kappa shape index (κ3) is 4.25. The van der Waals surface area contributed by atoms with Gasteiger partial charge in [-0.1, -0.05) is 6.07 Å². The van der Waals surface area contributed by atoms with Crippen molar-refractivity contribution in [3.63, 3.8) is 0 Å². The maximum atomic E-state index is 12.9. The van der Waals surface area contributed by atoms with Crippen molar-refractivity contribution in [2.45, 2.75) is 12.7 Å². The summed E-state index contributed by atoms with van der Waals surface area (Å²) in [7, 11) is 0. The second-order valence-electron chi connectivity index (χ2n) is 3.15. The van der Waals surface area contributed by atoms with E-state index in [2.05, 4.69) is 15.9 Å². The minimum absolute atomic E-state index is 0.174. The number of rotatable bonds is 5. The second-order valence-corrected chi connectivity index (χ2v) is 4.01. The fraction of sp³-hybridized carbons (Fsp3) is 0.400. The first kappa shape index (κ1) is 12.6. The van der Waals surface area contributed by atoms with E-state index in [9.17, 15) is 4.39 Å². The normalized spacial score (nSPS) is 12.8. The predicted molar refractivity (Wildman–Crippen MR) is 58.8 cm³/mol. The average Bonchev–Trinajstić information content (AvgIpc) is 2.23. The summed E-state index contributed by atoms with van der Waals surface area (Å²) in [6.07, 6.45) is -0.645. The molecule has 0 amide bonds. The summed E-state index contributed by atoms with van der Waals surface area (Å²) in [4.78, 5) is 0. The molecule has 0 aliphatic heterocycles. The molecule has 0 bridgehead atoms. The number of aliphatic hydroxyl groups is 1. The molecule has 0 aliphatic carbocycles. The summed E-state index contributed by atoms with van der Waals surface area (Å²) >= 11 is 3.08. The number of nitrogens with two attached hydrogens (primary N) is 1. The van der Waals surface area contributed by atoms with E-state index in [1.807, 2.05) is 0 Å². The monoisotopic (exact) mass is 277 g/mol. The van der Waals surface area contributed by atoms with Crippen LogP contribution in [0.25, 0.3) is 0 Å². The molecule has 5 heteroatoms. The third-order valence-corrected chi connectivity index (χ3v) is 2.44. The Morgan fingerprint density at radius 2 is 2.27 bits per heavy atom. The second kappa shape index (κ2) is 6.17. The maximum absolute atomic E-state index is 12.9. The lowest BCUT2D eigenvalue weighted by Gasteiger charge is -2.08. The number of aliphatic hydroxyl groups excluding tert-OH is 1. The van der Waals surface area contributed by atoms with Crippen molar-refractivity contribution in [2.24, 2.45) is 5.73 Å². The Balaban J connectivity index is 2.41. The standard InChI is InChI=1S/C10H13BrFNO2/c11-9-3-7(1-2-10(9)12)5-15-6-8(14)4-13/h1-3,8,14H,4-6,13H2/t8-/m1/s1. The van der Waals surface area contributed by atoms with Crippen molar-refractivity contribution < 1.29 is 14.2 Å². The molecule has 15 heavy (non-hydrogen) atoms. The van der Waals surface area contributed by atoms with E-state index in [0.717, 1.165) is 5.56 Å². The summed E-state index contributed by atoms with van der Waals surface area (Å²) in [6, 6.07) is 4.64. The highest BCUT2D eigenvalue weighted by molar-refractivity contribution is 9.10. The van der Waals surface area contributed by atoms with Gasteiger partial charge in [0, 0.05) is 6.54 Å². The van der Waals surface area contributed by atoms with Gasteiger partial charge in [-0.15, -0.1) is 0 Å². The fourth-order valence-electron chi connectivity index (χ4n) is 1.01. The highest BCUT2D eigenvalue weighted by atomic mass is 79.9. The molecule has 0 unspecified atom stereocenters. The molecule has 0 saturated heterocycles. The quantitative estimate of drug-likeness (QED) is 0.856. The minimum atomic E-state index is -0.645. The number of benzene rings is 1. The highest BCUT2D eigenvalue weighted by Crippen LogP contribution is 2.17. The van der Waals surface area contributed by atoms with E-state index in [0.29, 0.717) is 11.1 Å². The van der Waals surface area contributed by atoms with E-state index in [1.165, 1.54) is 6.07 Å². The Morgan fingerprint density at radius 1 is 1.53 bits per heavy atom. The number of hydrogen-bond acceptors (Lipinski definition) is 3. The lowest BCUT2D eigenvalue weighted by molar-refractivity contribution is 0.0329. The Labute approximate surface area is 96.2 Å². The SMILES string of the molecule is NC[C@@H](O)COCc1ccc(F)c(Br)c1. The van der Waals surface area contributed by atoms with E-state index < -0.39 is 6.10 Å². The first-order valence-electron chi connectivity index (χ1n) is 4.53. The van der Waals surface area contributed by atoms with Crippen molar-refractivity contribution in [2.75, 3.05) is 13.2 Å². The molecule has 1 aromatic carbocycles. The van der Waals surface area contributed by atoms with Crippen molar-refractivity contribution in [3.8, 4) is 0 Å². The van der Waals surface area contributed by atoms with Gasteiger partial charge in [-0.2, -0.15) is 0 Å². The zero-order valence-corrected chi connectivity index (χ0v) is 9.71. The van der Waals surface area contributed by atoms with Gasteiger partial charge in [0.05, 0.1) is 23.8 Å². The van der Waals surface area contributed by atoms with Gasteiger partial charge >= 0.3 is 0 Å². The molecule has 0 spiro atoms. The van der Waals surface area contributed by atoms with Crippen molar-refractivity contribution >= 4 is 15.9 Å². The molecular weight excluding hydrogens is 265 g/mol. The van der Waals surface area contributed by atoms with Crippen LogP contribution in [-0.4, -0.2) is 24.4 Å². The molecule has 1 aromatic rings. The molecule has 0 fully saturated rings. The van der Waals surface area contributed by atoms with Crippen LogP contribution < -0.4 is 5.73 Å². The number of halogens is 2. The van der Waals surface area contributed by atoms with Gasteiger partial charge in [0.15, 0.2) is 0 Å². The van der Waals surface area contributed by atoms with Crippen LogP contribution in [0, 0.1) is 5.82 Å². The zero-order chi connectivity index (χ0) is 11.3. The van der Waals surface area contributed by atoms with E-state index in [1.54, 1.807) is 12.1 Å². The molecule has 0 radical (unpaired) electrons. The van der Waals surface area contributed by atoms with Crippen LogP contribution in [0.15, 0.2) is 22.7 Å². The molecule has 1 rings (SSSR count). The van der Waals surface area contributed by atoms with Crippen LogP contribution >= 0.6 is 15.9 Å². The van der Waals surface area contributed by atoms with Crippen molar-refractivity contribution in [1.82, 2.24) is 0 Å². The Kier molecular flexibility index (Phi) is 5.17. The molecule has 0 aromatic heterocycles. The topological polar surface area (TPSA) is 55.5 Å². The fourth-order valence-corrected chi connectivity index (χ4v) is 1.44. The Morgan fingerprint density at radius 3 is 2.87 bits per heavy atom. The molecule has 0 aliphatic rings. The average molecular weight is 278 g/mol. The van der Waals surface area contributed by atoms with Crippen LogP contribution in [0.3, 0.4) is 0 Å². The summed E-state index contributed by atoms with van der Waals surface area (Å²) in [6.45, 7) is 0.689. The highest BCUT2D eigenvalue weighted by Gasteiger charge is 2.03. The predicted octanol–water partition coefficient (Wildman–Crippen LogP) is 1.42. The summed E-state index contributed by atoms with van der Waals surface area (Å²) in [5.74, 6) is -0.305. The third-order valence-electron chi connectivity index (χ3n) is 1.84. The molecule has 3 N–H and O–H groups in total. The summed E-state index contributed by atoms with van der Waals surface area (Å²) in [5.41, 5.74) is 6.05. The number of ether oxygens (including phenoxy) is 1. The van der Waals surface area contributed by atoms with Gasteiger partial charge in [-0.05, 0) is 33.6 Å². The van der Waals surface area contributed by atoms with Crippen molar-refractivity contribution in [3.05, 3.63) is 34.1 Å². The van der Waals surface area contributed by atoms with Crippen molar-refractivity contribution in [1.29, 1.82) is 0 Å². The Bertz CT molecular complexity index is 322. The maximum Gasteiger partial charge on any atom is 0.137 e. The lowest BCUT2D eigenvalue weighted by atomic mass is 10.2. The van der Waals surface area contributed by atoms with Gasteiger partial charge in [-0.25, -0.2) is 4.39 Å². The van der Waals surface area contributed by atoms with E-state index >= 15 is 0 Å². The summed E-state index contributed by atoms with van der Waals surface area (Å²) < 4.78 is 18.5. The van der Waals surface area contributed by atoms with E-state index in [4.69, 9.17) is 15.6 Å². The summed E-state index contributed by atoms with van der Waals surface area (Å²) in [5, 5.41) is 9.12. The van der Waals surface area contributed by atoms with Crippen LogP contribution in [0.5, 0.6) is 0 Å². The molecular formula is C10H13BrFNO2. The number of hydrogen-bond donors (Lipinski definition) is 2. The first-order valence-corrected chi connectivity index (χ1v) is 5.32. The van der Waals surface area contributed by atoms with Gasteiger partial charge in [-0.3, -0.25) is 0 Å². The largest absolute Gasteiger partial charge is 0.389 e. The van der Waals surface area contributed by atoms with Crippen LogP contribution in [-0.2, 0) is 11.3 Å². The molecule has 84 valence electrons. The lowest BCUT2D eigenvalue weighted by Crippen LogP contribution is -2.24. The zero-order valence-electron chi connectivity index (χ0n) is 8.12. The Hall–Kier alpha value is -0.490. The molecule has 1 atom stereocenters. The molecule has 3 nitrogen and oxygen atoms in total. The molecule has 0 saturated carbocycles. The molecule has 0 heterocycles. The van der Waals surface area contributed by atoms with Gasteiger partial charge in [0.1, 0.15) is 5.82 Å².